The van der Waals surface area contributed by atoms with E-state index >= 15 is 0 Å². The first-order valence-corrected chi connectivity index (χ1v) is 11.1. The number of rotatable bonds is 3. The van der Waals surface area contributed by atoms with E-state index in [1.165, 1.54) is 18.3 Å². The predicted molar refractivity (Wildman–Crippen MR) is 132 cm³/mol. The van der Waals surface area contributed by atoms with Crippen molar-refractivity contribution < 1.29 is 33.0 Å². The second-order valence-corrected chi connectivity index (χ2v) is 8.46. The van der Waals surface area contributed by atoms with E-state index in [1.54, 1.807) is 37.9 Å². The number of carbonyl (C=O) groups excluding carboxylic acids is 2. The molecule has 2 amide bonds. The van der Waals surface area contributed by atoms with Crippen LogP contribution in [0.5, 0.6) is 17.2 Å². The van der Waals surface area contributed by atoms with Gasteiger partial charge in [0.2, 0.25) is 5.91 Å². The number of primary amides is 1. The fourth-order valence-electron chi connectivity index (χ4n) is 3.05. The van der Waals surface area contributed by atoms with E-state index in [2.05, 4.69) is 16.8 Å². The van der Waals surface area contributed by atoms with Crippen LogP contribution in [-0.4, -0.2) is 41.2 Å². The number of aromatic nitrogens is 1. The first kappa shape index (κ1) is 27.1. The summed E-state index contributed by atoms with van der Waals surface area (Å²) >= 11 is 0. The lowest BCUT2D eigenvalue weighted by Gasteiger charge is -2.16. The summed E-state index contributed by atoms with van der Waals surface area (Å²) < 4.78 is 36.7. The zero-order chi connectivity index (χ0) is 27.2. The van der Waals surface area contributed by atoms with Crippen molar-refractivity contribution in [3.63, 3.8) is 0 Å². The zero-order valence-electron chi connectivity index (χ0n) is 20.4. The molecule has 1 aliphatic heterocycles. The standard InChI is InChI=1S/C15H17NO3.C12H8F2N2O2/c1-15(2,18)8-6-11-4-5-13-12(10-11)16(3)14(17)7-9-19-13;13-7-1-2-11(9(14)5-7)18-8-3-4-16-10(6-8)12(15)17/h4-5,10,18H,7,9H2,1-3H3;1-6H,(H2,15,17). The average Bonchev–Trinajstić information content (AvgIpc) is 2.98. The van der Waals surface area contributed by atoms with E-state index in [0.29, 0.717) is 30.5 Å². The van der Waals surface area contributed by atoms with E-state index < -0.39 is 23.1 Å². The maximum absolute atomic E-state index is 13.3. The number of nitrogens with two attached hydrogens (primary N) is 1. The van der Waals surface area contributed by atoms with Crippen molar-refractivity contribution in [3.8, 4) is 29.1 Å². The van der Waals surface area contributed by atoms with E-state index in [0.717, 1.165) is 17.7 Å². The normalized spacial score (nSPS) is 12.6. The number of fused-ring (bicyclic) bond motifs is 1. The van der Waals surface area contributed by atoms with Gasteiger partial charge in [-0.3, -0.25) is 14.6 Å². The number of amides is 2. The van der Waals surface area contributed by atoms with Crippen molar-refractivity contribution in [3.05, 3.63) is 77.6 Å². The fraction of sp³-hybridized carbons (Fsp3) is 0.222. The molecule has 1 aliphatic rings. The molecular formula is C27H25F2N3O5. The summed E-state index contributed by atoms with van der Waals surface area (Å²) in [5, 5.41) is 9.59. The number of hydrogen-bond donors (Lipinski definition) is 2. The number of anilines is 1. The topological polar surface area (TPSA) is 115 Å². The molecular weight excluding hydrogens is 484 g/mol. The molecule has 0 fully saturated rings. The molecule has 0 aliphatic carbocycles. The molecule has 0 saturated carbocycles. The molecule has 1 aromatic heterocycles. The molecule has 192 valence electrons. The third kappa shape index (κ3) is 7.75. The molecule has 0 spiro atoms. The smallest absolute Gasteiger partial charge is 0.267 e. The fourth-order valence-corrected chi connectivity index (χ4v) is 3.05. The number of pyridine rings is 1. The van der Waals surface area contributed by atoms with Crippen molar-refractivity contribution in [2.45, 2.75) is 25.9 Å². The Kier molecular flexibility index (Phi) is 8.42. The van der Waals surface area contributed by atoms with E-state index in [9.17, 15) is 23.5 Å². The Morgan fingerprint density at radius 2 is 1.95 bits per heavy atom. The van der Waals surface area contributed by atoms with Crippen LogP contribution in [0.3, 0.4) is 0 Å². The number of nitrogens with zero attached hydrogens (tertiary/aromatic N) is 2. The highest BCUT2D eigenvalue weighted by molar-refractivity contribution is 5.95. The van der Waals surface area contributed by atoms with Gasteiger partial charge in [0.25, 0.3) is 5.91 Å². The first-order chi connectivity index (χ1) is 17.4. The Labute approximate surface area is 212 Å². The molecule has 2 heterocycles. The average molecular weight is 510 g/mol. The van der Waals surface area contributed by atoms with Gasteiger partial charge >= 0.3 is 0 Å². The van der Waals surface area contributed by atoms with Gasteiger partial charge in [0.15, 0.2) is 11.6 Å². The van der Waals surface area contributed by atoms with Gasteiger partial charge in [-0.1, -0.05) is 11.8 Å². The quantitative estimate of drug-likeness (QED) is 0.519. The lowest BCUT2D eigenvalue weighted by Crippen LogP contribution is -2.25. The SMILES string of the molecule is CN1C(=O)CCOc2ccc(C#CC(C)(C)O)cc21.NC(=O)c1cc(Oc2ccc(F)cc2F)ccn1. The summed E-state index contributed by atoms with van der Waals surface area (Å²) in [7, 11) is 1.73. The Balaban J connectivity index is 0.000000206. The van der Waals surface area contributed by atoms with Gasteiger partial charge in [-0.2, -0.15) is 0 Å². The van der Waals surface area contributed by atoms with Crippen LogP contribution in [0.1, 0.15) is 36.3 Å². The van der Waals surface area contributed by atoms with Gasteiger partial charge in [0.05, 0.1) is 18.7 Å². The summed E-state index contributed by atoms with van der Waals surface area (Å²) in [5.74, 6) is 4.11. The van der Waals surface area contributed by atoms with Crippen LogP contribution in [0.15, 0.2) is 54.7 Å². The molecule has 10 heteroatoms. The summed E-state index contributed by atoms with van der Waals surface area (Å²) in [6.45, 7) is 3.65. The molecule has 3 aromatic rings. The minimum atomic E-state index is -1.04. The molecule has 8 nitrogen and oxygen atoms in total. The Morgan fingerprint density at radius 1 is 1.19 bits per heavy atom. The van der Waals surface area contributed by atoms with Crippen LogP contribution in [-0.2, 0) is 4.79 Å². The van der Waals surface area contributed by atoms with Crippen LogP contribution in [0, 0.1) is 23.5 Å². The van der Waals surface area contributed by atoms with Crippen molar-refractivity contribution in [2.75, 3.05) is 18.6 Å². The van der Waals surface area contributed by atoms with Gasteiger partial charge in [0.1, 0.15) is 28.6 Å². The van der Waals surface area contributed by atoms with Crippen molar-refractivity contribution in [1.29, 1.82) is 0 Å². The molecule has 0 atom stereocenters. The third-order valence-corrected chi connectivity index (χ3v) is 4.89. The molecule has 0 saturated heterocycles. The van der Waals surface area contributed by atoms with Gasteiger partial charge in [-0.25, -0.2) is 8.78 Å². The second-order valence-electron chi connectivity index (χ2n) is 8.46. The van der Waals surface area contributed by atoms with Crippen LogP contribution in [0.25, 0.3) is 0 Å². The highest BCUT2D eigenvalue weighted by Gasteiger charge is 2.20. The largest absolute Gasteiger partial charge is 0.491 e. The monoisotopic (exact) mass is 509 g/mol. The summed E-state index contributed by atoms with van der Waals surface area (Å²) in [6.07, 6.45) is 1.67. The lowest BCUT2D eigenvalue weighted by molar-refractivity contribution is -0.118. The van der Waals surface area contributed by atoms with E-state index in [1.807, 2.05) is 6.07 Å². The lowest BCUT2D eigenvalue weighted by atomic mass is 10.1. The van der Waals surface area contributed by atoms with Gasteiger partial charge < -0.3 is 25.2 Å². The second kappa shape index (κ2) is 11.5. The Hall–Kier alpha value is -4.49. The molecule has 3 N–H and O–H groups in total. The molecule has 2 aromatic carbocycles. The minimum absolute atomic E-state index is 0.00461. The highest BCUT2D eigenvalue weighted by atomic mass is 19.1. The van der Waals surface area contributed by atoms with Gasteiger partial charge in [-0.05, 0) is 50.2 Å². The van der Waals surface area contributed by atoms with Crippen molar-refractivity contribution in [1.82, 2.24) is 4.98 Å². The van der Waals surface area contributed by atoms with Crippen molar-refractivity contribution in [2.24, 2.45) is 5.73 Å². The van der Waals surface area contributed by atoms with Gasteiger partial charge in [-0.15, -0.1) is 0 Å². The maximum atomic E-state index is 13.3. The number of aliphatic hydroxyl groups is 1. The molecule has 0 unspecified atom stereocenters. The summed E-state index contributed by atoms with van der Waals surface area (Å²) in [5.41, 5.74) is 5.46. The predicted octanol–water partition coefficient (Wildman–Crippen LogP) is 3.81. The minimum Gasteiger partial charge on any atom is -0.491 e. The van der Waals surface area contributed by atoms with Crippen LogP contribution < -0.4 is 20.1 Å². The number of ether oxygens (including phenoxy) is 2. The summed E-state index contributed by atoms with van der Waals surface area (Å²) in [4.78, 5) is 28.0. The highest BCUT2D eigenvalue weighted by Crippen LogP contribution is 2.31. The number of halogens is 2. The Bertz CT molecular complexity index is 1380. The molecule has 37 heavy (non-hydrogen) atoms. The first-order valence-electron chi connectivity index (χ1n) is 11.1. The van der Waals surface area contributed by atoms with E-state index in [4.69, 9.17) is 15.2 Å². The van der Waals surface area contributed by atoms with Gasteiger partial charge in [0, 0.05) is 30.9 Å². The zero-order valence-corrected chi connectivity index (χ0v) is 20.4. The van der Waals surface area contributed by atoms with Crippen LogP contribution >= 0.6 is 0 Å². The number of hydrogen-bond acceptors (Lipinski definition) is 6. The van der Waals surface area contributed by atoms with Crippen molar-refractivity contribution >= 4 is 17.5 Å². The molecule has 0 radical (unpaired) electrons. The molecule has 0 bridgehead atoms. The van der Waals surface area contributed by atoms with Crippen LogP contribution in [0.2, 0.25) is 0 Å². The number of carbonyl (C=O) groups is 2. The van der Waals surface area contributed by atoms with Crippen LogP contribution in [0.4, 0.5) is 14.5 Å². The maximum Gasteiger partial charge on any atom is 0.267 e. The summed E-state index contributed by atoms with van der Waals surface area (Å²) in [6, 6.07) is 11.0. The Morgan fingerprint density at radius 3 is 2.62 bits per heavy atom. The number of benzene rings is 2. The van der Waals surface area contributed by atoms with E-state index in [-0.39, 0.29) is 23.1 Å². The third-order valence-electron chi connectivity index (χ3n) is 4.89. The molecule has 4 rings (SSSR count).